The standard InChI is InChI=1S/C19H16FN3O2S/c20-16-9-12(5-8-15(16)17-10-23-19(21)11-22-17)14-3-1-2-4-18(14)26(24,25)13-6-7-13/h1-5,8-11,13H,6-7H2,(H2,21,23). The largest absolute Gasteiger partial charge is 0.382 e. The summed E-state index contributed by atoms with van der Waals surface area (Å²) >= 11 is 0. The molecule has 1 saturated carbocycles. The number of halogens is 1. The number of nitrogen functional groups attached to an aromatic ring is 1. The fourth-order valence-electron chi connectivity index (χ4n) is 2.88. The van der Waals surface area contributed by atoms with Crippen molar-refractivity contribution in [3.8, 4) is 22.4 Å². The van der Waals surface area contributed by atoms with Crippen LogP contribution in [0.15, 0.2) is 59.8 Å². The lowest BCUT2D eigenvalue weighted by molar-refractivity contribution is 0.595. The maximum absolute atomic E-state index is 14.7. The summed E-state index contributed by atoms with van der Waals surface area (Å²) in [5, 5.41) is -0.321. The van der Waals surface area contributed by atoms with Gasteiger partial charge in [-0.2, -0.15) is 0 Å². The molecule has 2 aromatic carbocycles. The molecule has 1 aromatic heterocycles. The van der Waals surface area contributed by atoms with Gasteiger partial charge >= 0.3 is 0 Å². The smallest absolute Gasteiger partial charge is 0.181 e. The van der Waals surface area contributed by atoms with Crippen LogP contribution in [0.1, 0.15) is 12.8 Å². The highest BCUT2D eigenvalue weighted by molar-refractivity contribution is 7.92. The Balaban J connectivity index is 1.78. The van der Waals surface area contributed by atoms with Gasteiger partial charge in [0.05, 0.1) is 28.2 Å². The lowest BCUT2D eigenvalue weighted by atomic mass is 10.0. The molecule has 1 aliphatic carbocycles. The summed E-state index contributed by atoms with van der Waals surface area (Å²) in [5.41, 5.74) is 7.17. The van der Waals surface area contributed by atoms with E-state index in [1.165, 1.54) is 18.5 Å². The molecule has 132 valence electrons. The highest BCUT2D eigenvalue weighted by Crippen LogP contribution is 2.38. The first-order valence-corrected chi connectivity index (χ1v) is 9.72. The topological polar surface area (TPSA) is 85.9 Å². The number of benzene rings is 2. The van der Waals surface area contributed by atoms with Crippen LogP contribution in [0, 0.1) is 5.82 Å². The monoisotopic (exact) mass is 369 g/mol. The van der Waals surface area contributed by atoms with E-state index in [4.69, 9.17) is 5.73 Å². The molecule has 0 radical (unpaired) electrons. The van der Waals surface area contributed by atoms with Crippen LogP contribution in [0.5, 0.6) is 0 Å². The predicted molar refractivity (Wildman–Crippen MR) is 97.5 cm³/mol. The highest BCUT2D eigenvalue weighted by atomic mass is 32.2. The molecule has 2 N–H and O–H groups in total. The van der Waals surface area contributed by atoms with Crippen LogP contribution in [0.3, 0.4) is 0 Å². The zero-order chi connectivity index (χ0) is 18.3. The van der Waals surface area contributed by atoms with Gasteiger partial charge in [-0.3, -0.25) is 4.98 Å². The van der Waals surface area contributed by atoms with Gasteiger partial charge in [0.15, 0.2) is 9.84 Å². The number of nitrogens with two attached hydrogens (primary N) is 1. The molecule has 0 amide bonds. The van der Waals surface area contributed by atoms with Gasteiger partial charge in [0.25, 0.3) is 0 Å². The molecule has 0 bridgehead atoms. The zero-order valence-electron chi connectivity index (χ0n) is 13.8. The maximum atomic E-state index is 14.7. The van der Waals surface area contributed by atoms with E-state index in [1.54, 1.807) is 36.4 Å². The minimum absolute atomic E-state index is 0.252. The molecule has 0 unspecified atom stereocenters. The molecular formula is C19H16FN3O2S. The molecular weight excluding hydrogens is 353 g/mol. The average molecular weight is 369 g/mol. The van der Waals surface area contributed by atoms with Crippen LogP contribution in [-0.4, -0.2) is 23.6 Å². The van der Waals surface area contributed by atoms with E-state index in [1.807, 2.05) is 0 Å². The predicted octanol–water partition coefficient (Wildman–Crippen LogP) is 3.47. The minimum Gasteiger partial charge on any atom is -0.382 e. The highest BCUT2D eigenvalue weighted by Gasteiger charge is 2.38. The first-order valence-electron chi connectivity index (χ1n) is 8.17. The van der Waals surface area contributed by atoms with Gasteiger partial charge in [-0.15, -0.1) is 0 Å². The Morgan fingerprint density at radius 2 is 1.77 bits per heavy atom. The van der Waals surface area contributed by atoms with Crippen molar-refractivity contribution in [1.29, 1.82) is 0 Å². The number of aromatic nitrogens is 2. The molecule has 4 rings (SSSR count). The van der Waals surface area contributed by atoms with Gasteiger partial charge in [0.1, 0.15) is 11.6 Å². The van der Waals surface area contributed by atoms with Crippen LogP contribution in [0.4, 0.5) is 10.2 Å². The second-order valence-corrected chi connectivity index (χ2v) is 8.46. The molecule has 7 heteroatoms. The minimum atomic E-state index is -3.38. The Bertz CT molecular complexity index is 1080. The number of anilines is 1. The summed E-state index contributed by atoms with van der Waals surface area (Å²) < 4.78 is 40.0. The molecule has 0 aliphatic heterocycles. The van der Waals surface area contributed by atoms with E-state index in [2.05, 4.69) is 9.97 Å². The second kappa shape index (κ2) is 6.17. The third-order valence-corrected chi connectivity index (χ3v) is 6.70. The average Bonchev–Trinajstić information content (AvgIpc) is 3.48. The zero-order valence-corrected chi connectivity index (χ0v) is 14.6. The number of rotatable bonds is 4. The SMILES string of the molecule is Nc1cnc(-c2ccc(-c3ccccc3S(=O)(=O)C3CC3)cc2F)cn1. The molecule has 3 aromatic rings. The Hall–Kier alpha value is -2.80. The summed E-state index contributed by atoms with van der Waals surface area (Å²) in [4.78, 5) is 8.25. The van der Waals surface area contributed by atoms with E-state index in [0.29, 0.717) is 29.7 Å². The third-order valence-electron chi connectivity index (χ3n) is 4.38. The van der Waals surface area contributed by atoms with Crippen molar-refractivity contribution in [3.63, 3.8) is 0 Å². The first kappa shape index (κ1) is 16.7. The maximum Gasteiger partial charge on any atom is 0.181 e. The third kappa shape index (κ3) is 2.94. The lowest BCUT2D eigenvalue weighted by Crippen LogP contribution is -2.08. The Labute approximate surface area is 150 Å². The molecule has 0 atom stereocenters. The number of nitrogens with zero attached hydrogens (tertiary/aromatic N) is 2. The van der Waals surface area contributed by atoms with Gasteiger partial charge in [-0.1, -0.05) is 24.3 Å². The van der Waals surface area contributed by atoms with Crippen molar-refractivity contribution in [2.45, 2.75) is 23.0 Å². The first-order chi connectivity index (χ1) is 12.5. The van der Waals surface area contributed by atoms with E-state index < -0.39 is 15.7 Å². The van der Waals surface area contributed by atoms with Crippen LogP contribution >= 0.6 is 0 Å². The van der Waals surface area contributed by atoms with Crippen molar-refractivity contribution in [1.82, 2.24) is 9.97 Å². The summed E-state index contributed by atoms with van der Waals surface area (Å²) in [6.45, 7) is 0. The summed E-state index contributed by atoms with van der Waals surface area (Å²) in [6.07, 6.45) is 4.12. The number of hydrogen-bond acceptors (Lipinski definition) is 5. The van der Waals surface area contributed by atoms with Gasteiger partial charge in [0, 0.05) is 11.1 Å². The van der Waals surface area contributed by atoms with Gasteiger partial charge < -0.3 is 5.73 Å². The normalized spacial score (nSPS) is 14.3. The Morgan fingerprint density at radius 1 is 1.00 bits per heavy atom. The van der Waals surface area contributed by atoms with Crippen molar-refractivity contribution in [2.75, 3.05) is 5.73 Å². The summed E-state index contributed by atoms with van der Waals surface area (Å²) in [6, 6.07) is 11.3. The Morgan fingerprint density at radius 3 is 2.42 bits per heavy atom. The molecule has 26 heavy (non-hydrogen) atoms. The molecule has 0 saturated heterocycles. The summed E-state index contributed by atoms with van der Waals surface area (Å²) in [7, 11) is -3.38. The van der Waals surface area contributed by atoms with Gasteiger partial charge in [-0.25, -0.2) is 17.8 Å². The van der Waals surface area contributed by atoms with Crippen LogP contribution < -0.4 is 5.73 Å². The summed E-state index contributed by atoms with van der Waals surface area (Å²) in [5.74, 6) is -0.245. The lowest BCUT2D eigenvalue weighted by Gasteiger charge is -2.11. The molecule has 1 aliphatic rings. The molecule has 0 spiro atoms. The van der Waals surface area contributed by atoms with Crippen molar-refractivity contribution in [2.24, 2.45) is 0 Å². The van der Waals surface area contributed by atoms with Crippen molar-refractivity contribution in [3.05, 3.63) is 60.7 Å². The van der Waals surface area contributed by atoms with Crippen LogP contribution in [0.25, 0.3) is 22.4 Å². The van der Waals surface area contributed by atoms with E-state index in [-0.39, 0.29) is 21.5 Å². The van der Waals surface area contributed by atoms with Crippen molar-refractivity contribution < 1.29 is 12.8 Å². The fraction of sp³-hybridized carbons (Fsp3) is 0.158. The fourth-order valence-corrected chi connectivity index (χ4v) is 4.76. The quantitative estimate of drug-likeness (QED) is 0.761. The van der Waals surface area contributed by atoms with Gasteiger partial charge in [0.2, 0.25) is 0 Å². The van der Waals surface area contributed by atoms with E-state index >= 15 is 0 Å². The molecule has 1 heterocycles. The van der Waals surface area contributed by atoms with Crippen LogP contribution in [-0.2, 0) is 9.84 Å². The molecule has 5 nitrogen and oxygen atoms in total. The number of hydrogen-bond donors (Lipinski definition) is 1. The number of sulfone groups is 1. The van der Waals surface area contributed by atoms with E-state index in [9.17, 15) is 12.8 Å². The molecule has 1 fully saturated rings. The Kier molecular flexibility index (Phi) is 3.96. The van der Waals surface area contributed by atoms with Crippen LogP contribution in [0.2, 0.25) is 0 Å². The van der Waals surface area contributed by atoms with Gasteiger partial charge in [-0.05, 0) is 36.6 Å². The van der Waals surface area contributed by atoms with E-state index in [0.717, 1.165) is 0 Å². The second-order valence-electron chi connectivity index (χ2n) is 6.26. The van der Waals surface area contributed by atoms with Crippen molar-refractivity contribution >= 4 is 15.7 Å².